The molecule has 0 saturated heterocycles. The molecule has 0 aromatic heterocycles. The Balaban J connectivity index is 1.88. The van der Waals surface area contributed by atoms with E-state index in [0.29, 0.717) is 22.5 Å². The van der Waals surface area contributed by atoms with Crippen LogP contribution >= 0.6 is 0 Å². The summed E-state index contributed by atoms with van der Waals surface area (Å²) in [6.45, 7) is 12.7. The van der Waals surface area contributed by atoms with Gasteiger partial charge in [0.1, 0.15) is 37.6 Å². The molecule has 41 heavy (non-hydrogen) atoms. The fourth-order valence-electron chi connectivity index (χ4n) is 5.06. The van der Waals surface area contributed by atoms with E-state index in [-0.39, 0.29) is 13.2 Å². The van der Waals surface area contributed by atoms with Gasteiger partial charge < -0.3 is 18.8 Å². The van der Waals surface area contributed by atoms with Crippen LogP contribution in [-0.4, -0.2) is 57.1 Å². The average Bonchev–Trinajstić information content (AvgIpc) is 2.99. The minimum Gasteiger partial charge on any atom is -0.458 e. The van der Waals surface area contributed by atoms with Crippen molar-refractivity contribution in [1.82, 2.24) is 4.58 Å². The first kappa shape index (κ1) is 29.5. The summed E-state index contributed by atoms with van der Waals surface area (Å²) in [4.78, 5) is 38.1. The number of ether oxygens (including phenoxy) is 2. The van der Waals surface area contributed by atoms with Gasteiger partial charge in [-0.05, 0) is 57.5 Å². The maximum atomic E-state index is 13.3. The topological polar surface area (TPSA) is 89.1 Å². The van der Waals surface area contributed by atoms with Crippen LogP contribution in [-0.2, 0) is 19.1 Å². The monoisotopic (exact) mass is 557 g/mol. The van der Waals surface area contributed by atoms with E-state index in [0.717, 1.165) is 60.7 Å². The van der Waals surface area contributed by atoms with Crippen molar-refractivity contribution in [2.45, 2.75) is 34.6 Å². The molecule has 0 radical (unpaired) electrons. The Hall–Kier alpha value is -4.46. The number of rotatable bonds is 11. The van der Waals surface area contributed by atoms with Gasteiger partial charge in [0.05, 0.1) is 11.6 Å². The van der Waals surface area contributed by atoms with Crippen molar-refractivity contribution in [3.05, 3.63) is 71.6 Å². The van der Waals surface area contributed by atoms with Crippen LogP contribution in [0.1, 0.15) is 45.0 Å². The minimum atomic E-state index is -0.958. The third-order valence-corrected chi connectivity index (χ3v) is 7.20. The summed E-state index contributed by atoms with van der Waals surface area (Å²) in [5.74, 6) is -1.50. The number of carbonyl (C=O) groups excluding carboxylic acids is 3. The maximum absolute atomic E-state index is 13.3. The first-order valence-corrected chi connectivity index (χ1v) is 14.1. The number of nitrogens with zero attached hydrogens (tertiary/aromatic N) is 2. The quantitative estimate of drug-likeness (QED) is 0.0828. The van der Waals surface area contributed by atoms with Gasteiger partial charge in [0.2, 0.25) is 11.1 Å². The van der Waals surface area contributed by atoms with Crippen molar-refractivity contribution in [3.8, 4) is 22.5 Å². The van der Waals surface area contributed by atoms with Crippen LogP contribution < -0.4 is 14.8 Å². The lowest BCUT2D eigenvalue weighted by atomic mass is 9.90. The van der Waals surface area contributed by atoms with E-state index in [1.165, 1.54) is 0 Å². The Bertz CT molecular complexity index is 1610. The molecule has 0 amide bonds. The van der Waals surface area contributed by atoms with Gasteiger partial charge in [0.25, 0.3) is 0 Å². The van der Waals surface area contributed by atoms with Crippen LogP contribution in [0.5, 0.6) is 0 Å². The Kier molecular flexibility index (Phi) is 9.55. The molecule has 4 rings (SSSR count). The van der Waals surface area contributed by atoms with Gasteiger partial charge in [-0.3, -0.25) is 4.79 Å². The minimum absolute atomic E-state index is 0.168. The first-order valence-electron chi connectivity index (χ1n) is 14.1. The van der Waals surface area contributed by atoms with Crippen molar-refractivity contribution in [2.24, 2.45) is 0 Å². The standard InChI is InChI=1S/C33H37N2O6/c1-6-34(7-2)23-14-16-27-29(20-23)41-30-21-24(35(8-3)9-4)15-17-28(30)31(27)25-12-10-11-13-26(25)33(38)40-19-18-39-32(37)22(5)36/h10-17,20-21H,6-9,18-19H2,1-5H3/q+1. The molecule has 1 aliphatic heterocycles. The largest absolute Gasteiger partial charge is 0.458 e. The molecule has 2 aromatic carbocycles. The Morgan fingerprint density at radius 1 is 0.829 bits per heavy atom. The summed E-state index contributed by atoms with van der Waals surface area (Å²) in [7, 11) is 0. The highest BCUT2D eigenvalue weighted by atomic mass is 16.6. The van der Waals surface area contributed by atoms with Crippen LogP contribution in [0.15, 0.2) is 65.1 Å². The fraction of sp³-hybridized carbons (Fsp3) is 0.333. The van der Waals surface area contributed by atoms with E-state index < -0.39 is 17.7 Å². The molecule has 2 aliphatic rings. The zero-order chi connectivity index (χ0) is 29.5. The molecule has 8 nitrogen and oxygen atoms in total. The van der Waals surface area contributed by atoms with Crippen LogP contribution in [0.4, 0.5) is 5.69 Å². The van der Waals surface area contributed by atoms with E-state index in [1.54, 1.807) is 12.1 Å². The third kappa shape index (κ3) is 6.32. The summed E-state index contributed by atoms with van der Waals surface area (Å²) in [6.07, 6.45) is 0. The second-order valence-corrected chi connectivity index (χ2v) is 9.56. The van der Waals surface area contributed by atoms with Gasteiger partial charge in [-0.25, -0.2) is 14.2 Å². The molecule has 1 aliphatic carbocycles. The molecule has 0 atom stereocenters. The molecular weight excluding hydrogens is 520 g/mol. The predicted molar refractivity (Wildman–Crippen MR) is 160 cm³/mol. The van der Waals surface area contributed by atoms with Crippen LogP contribution in [0, 0.1) is 0 Å². The van der Waals surface area contributed by atoms with Gasteiger partial charge in [-0.2, -0.15) is 0 Å². The van der Waals surface area contributed by atoms with Gasteiger partial charge in [-0.1, -0.05) is 18.2 Å². The molecule has 214 valence electrons. The van der Waals surface area contributed by atoms with Crippen molar-refractivity contribution in [2.75, 3.05) is 44.3 Å². The summed E-state index contributed by atoms with van der Waals surface area (Å²) in [5, 5.41) is 1.93. The molecule has 0 spiro atoms. The van der Waals surface area contributed by atoms with E-state index >= 15 is 0 Å². The second-order valence-electron chi connectivity index (χ2n) is 9.56. The zero-order valence-electron chi connectivity index (χ0n) is 24.4. The van der Waals surface area contributed by atoms with E-state index in [1.807, 2.05) is 24.3 Å². The van der Waals surface area contributed by atoms with Gasteiger partial charge in [-0.15, -0.1) is 0 Å². The van der Waals surface area contributed by atoms with Crippen molar-refractivity contribution in [1.29, 1.82) is 0 Å². The maximum Gasteiger partial charge on any atom is 0.374 e. The number of fused-ring (bicyclic) bond motifs is 2. The van der Waals surface area contributed by atoms with E-state index in [9.17, 15) is 14.4 Å². The number of esters is 2. The summed E-state index contributed by atoms with van der Waals surface area (Å²) >= 11 is 0. The molecule has 8 heteroatoms. The molecule has 0 N–H and O–H groups in total. The normalized spacial score (nSPS) is 11.0. The van der Waals surface area contributed by atoms with Gasteiger partial charge >= 0.3 is 11.9 Å². The van der Waals surface area contributed by atoms with Crippen LogP contribution in [0.2, 0.25) is 0 Å². The Morgan fingerprint density at radius 2 is 1.54 bits per heavy atom. The average molecular weight is 558 g/mol. The molecule has 0 saturated carbocycles. The molecular formula is C33H37N2O6+. The molecule has 0 unspecified atom stereocenters. The second kappa shape index (κ2) is 13.3. The van der Waals surface area contributed by atoms with E-state index in [4.69, 9.17) is 13.9 Å². The van der Waals surface area contributed by atoms with Gasteiger partial charge in [0, 0.05) is 54.3 Å². The summed E-state index contributed by atoms with van der Waals surface area (Å²) in [5.41, 5.74) is 4.60. The highest BCUT2D eigenvalue weighted by Crippen LogP contribution is 2.42. The SMILES string of the molecule is CCN(CC)c1ccc2c(-c3ccccc3C(=O)OCCOC(=O)C(C)=O)c3ccc(=[N+](CC)CC)cc-3oc2c1. The lowest BCUT2D eigenvalue weighted by molar-refractivity contribution is -0.153. The zero-order valence-corrected chi connectivity index (χ0v) is 24.4. The Morgan fingerprint density at radius 3 is 2.22 bits per heavy atom. The lowest BCUT2D eigenvalue weighted by Crippen LogP contribution is -2.29. The van der Waals surface area contributed by atoms with Crippen molar-refractivity contribution >= 4 is 34.4 Å². The number of anilines is 1. The Labute approximate surface area is 240 Å². The lowest BCUT2D eigenvalue weighted by Gasteiger charge is -2.22. The highest BCUT2D eigenvalue weighted by molar-refractivity contribution is 6.32. The number of ketones is 1. The summed E-state index contributed by atoms with van der Waals surface area (Å²) < 4.78 is 19.1. The first-order chi connectivity index (χ1) is 19.8. The smallest absolute Gasteiger partial charge is 0.374 e. The van der Waals surface area contributed by atoms with Crippen molar-refractivity contribution in [3.63, 3.8) is 0 Å². The fourth-order valence-corrected chi connectivity index (χ4v) is 5.06. The summed E-state index contributed by atoms with van der Waals surface area (Å²) in [6, 6.07) is 19.6. The molecule has 1 heterocycles. The van der Waals surface area contributed by atoms with Crippen LogP contribution in [0.25, 0.3) is 33.4 Å². The van der Waals surface area contributed by atoms with E-state index in [2.05, 4.69) is 61.4 Å². The number of hydrogen-bond donors (Lipinski definition) is 0. The number of carbonyl (C=O) groups is 3. The number of Topliss-reactive ketones (excluding diaryl/α,β-unsaturated/α-hetero) is 1. The molecule has 0 fully saturated rings. The van der Waals surface area contributed by atoms with Crippen molar-refractivity contribution < 1.29 is 28.3 Å². The predicted octanol–water partition coefficient (Wildman–Crippen LogP) is 5.15. The highest BCUT2D eigenvalue weighted by Gasteiger charge is 2.23. The molecule has 0 bridgehead atoms. The number of hydrogen-bond acceptors (Lipinski definition) is 7. The van der Waals surface area contributed by atoms with Gasteiger partial charge in [0.15, 0.2) is 0 Å². The molecule has 2 aromatic rings. The third-order valence-electron chi connectivity index (χ3n) is 7.20. The number of benzene rings is 3. The van der Waals surface area contributed by atoms with Crippen LogP contribution in [0.3, 0.4) is 0 Å².